The minimum atomic E-state index is -2.10. The maximum absolute atomic E-state index is 15.4. The predicted octanol–water partition coefficient (Wildman–Crippen LogP) is 0.719. The summed E-state index contributed by atoms with van der Waals surface area (Å²) >= 11 is 0. The Bertz CT molecular complexity index is 1490. The number of likely N-dealkylation sites (N-methyl/N-ethyl adjacent to an activating group) is 1. The first-order valence-corrected chi connectivity index (χ1v) is 14.6. The summed E-state index contributed by atoms with van der Waals surface area (Å²) < 4.78 is 21.6. The average molecular weight is 597 g/mol. The highest BCUT2D eigenvalue weighted by Gasteiger charge is 2.49. The highest BCUT2D eigenvalue weighted by Crippen LogP contribution is 2.43. The van der Waals surface area contributed by atoms with Crippen LogP contribution in [0.1, 0.15) is 67.6 Å². The molecule has 0 spiro atoms. The fourth-order valence-electron chi connectivity index (χ4n) is 6.47. The molecule has 0 aliphatic carbocycles. The van der Waals surface area contributed by atoms with Crippen molar-refractivity contribution < 1.29 is 23.5 Å². The van der Waals surface area contributed by atoms with Crippen molar-refractivity contribution in [2.24, 2.45) is 0 Å². The molecule has 0 bridgehead atoms. The number of halogens is 1. The number of carbonyl (C=O) groups is 3. The number of fused-ring (bicyclic) bond motifs is 1. The zero-order chi connectivity index (χ0) is 33.8. The van der Waals surface area contributed by atoms with Crippen molar-refractivity contribution in [1.29, 1.82) is 0 Å². The average Bonchev–Trinajstić information content (AvgIpc) is 3.12. The van der Waals surface area contributed by atoms with Gasteiger partial charge in [0.25, 0.3) is 5.91 Å². The number of anilines is 1. The fourth-order valence-corrected chi connectivity index (χ4v) is 6.47. The Labute approximate surface area is 272 Å². The van der Waals surface area contributed by atoms with E-state index in [-0.39, 0.29) is 35.2 Å². The molecule has 8 nitrogen and oxygen atoms in total. The lowest BCUT2D eigenvalue weighted by atomic mass is 9.53. The number of ether oxygens (including phenoxy) is 1. The zero-order valence-electron chi connectivity index (χ0n) is 26.3. The van der Waals surface area contributed by atoms with Gasteiger partial charge in [-0.25, -0.2) is 4.39 Å². The Kier molecular flexibility index (Phi) is 9.34. The second-order valence-electron chi connectivity index (χ2n) is 13.1. The second-order valence-corrected chi connectivity index (χ2v) is 13.1. The standard InChI is InChI=1S/C30H33B6FN4O4/c1-26(2)15-40(16-27(3,4)45-26)29(33,34)17-11-12-20(37)19(14-17)28(31,32)39-21-9-6-8-18-23(21)30(35,36)41(25(18)44)22(10-7-13-42)24(43)38-5/h6,8-9,11-14,22,39H,7,10,15-16H2,1-5H3,(H,38,43). The van der Waals surface area contributed by atoms with E-state index in [1.54, 1.807) is 0 Å². The SMILES string of the molecule is [B]C([B])(Nc1cccc2c1C([B])([B])N(C(CCC=O)C(=O)NC)C2=O)c1cc(C([B])([B])N2CC(C)(C)OC(C)(C)C2)ccc1F. The molecule has 222 valence electrons. The number of rotatable bonds is 10. The monoisotopic (exact) mass is 598 g/mol. The normalized spacial score (nSPS) is 19.9. The van der Waals surface area contributed by atoms with Crippen molar-refractivity contribution in [1.82, 2.24) is 15.1 Å². The molecule has 2 aromatic rings. The summed E-state index contributed by atoms with van der Waals surface area (Å²) in [5, 5.41) is -0.326. The molecule has 15 heteroatoms. The first-order valence-electron chi connectivity index (χ1n) is 14.6. The van der Waals surface area contributed by atoms with Crippen molar-refractivity contribution in [2.45, 2.75) is 73.8 Å². The van der Waals surface area contributed by atoms with Crippen LogP contribution in [-0.4, -0.2) is 112 Å². The summed E-state index contributed by atoms with van der Waals surface area (Å²) in [5.41, 5.74) is -0.697. The molecule has 1 atom stereocenters. The van der Waals surface area contributed by atoms with E-state index in [1.165, 1.54) is 43.4 Å². The molecule has 45 heavy (non-hydrogen) atoms. The molecule has 2 aliphatic heterocycles. The van der Waals surface area contributed by atoms with E-state index in [1.807, 2.05) is 32.6 Å². The minimum Gasteiger partial charge on any atom is -0.392 e. The van der Waals surface area contributed by atoms with E-state index in [4.69, 9.17) is 51.8 Å². The number of amides is 2. The number of morpholine rings is 1. The minimum absolute atomic E-state index is 0.0189. The Morgan fingerprint density at radius 3 is 2.29 bits per heavy atom. The molecular formula is C30H33B6FN4O4. The largest absolute Gasteiger partial charge is 0.392 e. The van der Waals surface area contributed by atoms with Gasteiger partial charge in [-0.2, -0.15) is 0 Å². The van der Waals surface area contributed by atoms with Crippen LogP contribution in [0.5, 0.6) is 0 Å². The number of nitrogens with one attached hydrogen (secondary N) is 2. The first kappa shape index (κ1) is 35.0. The molecule has 0 saturated carbocycles. The Morgan fingerprint density at radius 2 is 1.71 bits per heavy atom. The molecule has 2 N–H and O–H groups in total. The molecule has 4 rings (SSSR count). The predicted molar refractivity (Wildman–Crippen MR) is 176 cm³/mol. The van der Waals surface area contributed by atoms with Crippen molar-refractivity contribution in [3.8, 4) is 0 Å². The van der Waals surface area contributed by atoms with Crippen molar-refractivity contribution >= 4 is 70.9 Å². The van der Waals surface area contributed by atoms with Gasteiger partial charge in [-0.3, -0.25) is 9.59 Å². The highest BCUT2D eigenvalue weighted by molar-refractivity contribution is 6.44. The van der Waals surface area contributed by atoms with Gasteiger partial charge in [-0.05, 0) is 85.0 Å². The summed E-state index contributed by atoms with van der Waals surface area (Å²) in [6.45, 7) is 8.51. The molecule has 2 amide bonds. The molecule has 2 heterocycles. The lowest BCUT2D eigenvalue weighted by molar-refractivity contribution is -0.186. The quantitative estimate of drug-likeness (QED) is 0.310. The molecule has 2 aromatic carbocycles. The van der Waals surface area contributed by atoms with Crippen LogP contribution in [0.2, 0.25) is 0 Å². The molecule has 1 fully saturated rings. The van der Waals surface area contributed by atoms with Crippen molar-refractivity contribution in [3.63, 3.8) is 0 Å². The van der Waals surface area contributed by atoms with Gasteiger partial charge in [0.15, 0.2) is 0 Å². The summed E-state index contributed by atoms with van der Waals surface area (Å²) in [6.07, 6.45) is 0.589. The fraction of sp³-hybridized carbons (Fsp3) is 0.500. The van der Waals surface area contributed by atoms with Crippen molar-refractivity contribution in [2.75, 3.05) is 25.5 Å². The van der Waals surface area contributed by atoms with E-state index in [2.05, 4.69) is 10.6 Å². The van der Waals surface area contributed by atoms with Gasteiger partial charge in [-0.15, -0.1) is 0 Å². The Morgan fingerprint density at radius 1 is 1.09 bits per heavy atom. The summed E-state index contributed by atoms with van der Waals surface area (Å²) in [7, 11) is 41.0. The molecule has 12 radical (unpaired) electrons. The van der Waals surface area contributed by atoms with Gasteiger partial charge in [0.05, 0.1) is 58.3 Å². The van der Waals surface area contributed by atoms with Crippen LogP contribution < -0.4 is 10.6 Å². The third-order valence-electron chi connectivity index (χ3n) is 8.17. The Hall–Kier alpha value is -2.91. The summed E-state index contributed by atoms with van der Waals surface area (Å²) in [4.78, 5) is 40.3. The van der Waals surface area contributed by atoms with E-state index >= 15 is 4.39 Å². The molecule has 1 saturated heterocycles. The van der Waals surface area contributed by atoms with Crippen LogP contribution in [0.3, 0.4) is 0 Å². The van der Waals surface area contributed by atoms with Gasteiger partial charge in [0.1, 0.15) is 18.1 Å². The number of carbonyl (C=O) groups excluding carboxylic acids is 3. The maximum Gasteiger partial charge on any atom is 0.254 e. The number of hydrogen-bond donors (Lipinski definition) is 2. The van der Waals surface area contributed by atoms with E-state index in [9.17, 15) is 14.4 Å². The van der Waals surface area contributed by atoms with Crippen LogP contribution in [0, 0.1) is 5.82 Å². The van der Waals surface area contributed by atoms with Crippen LogP contribution in [-0.2, 0) is 30.3 Å². The number of hydrogen-bond acceptors (Lipinski definition) is 6. The molecule has 2 aliphatic rings. The zero-order valence-corrected chi connectivity index (χ0v) is 26.3. The van der Waals surface area contributed by atoms with Crippen molar-refractivity contribution in [3.05, 3.63) is 64.5 Å². The van der Waals surface area contributed by atoms with Crippen LogP contribution in [0.4, 0.5) is 10.1 Å². The van der Waals surface area contributed by atoms with Gasteiger partial charge in [0, 0.05) is 37.8 Å². The van der Waals surface area contributed by atoms with Crippen LogP contribution in [0.25, 0.3) is 0 Å². The van der Waals surface area contributed by atoms with Gasteiger partial charge in [-0.1, -0.05) is 18.2 Å². The molecule has 0 aromatic heterocycles. The maximum atomic E-state index is 15.4. The van der Waals surface area contributed by atoms with Crippen LogP contribution in [0.15, 0.2) is 36.4 Å². The summed E-state index contributed by atoms with van der Waals surface area (Å²) in [6, 6.07) is 7.40. The molecular weight excluding hydrogens is 564 g/mol. The van der Waals surface area contributed by atoms with Gasteiger partial charge < -0.3 is 30.0 Å². The highest BCUT2D eigenvalue weighted by atomic mass is 19.1. The third kappa shape index (κ3) is 6.66. The number of benzene rings is 2. The lowest BCUT2D eigenvalue weighted by Crippen LogP contribution is -2.63. The van der Waals surface area contributed by atoms with E-state index in [0.717, 1.165) is 4.90 Å². The third-order valence-corrected chi connectivity index (χ3v) is 8.17. The summed E-state index contributed by atoms with van der Waals surface area (Å²) in [5.74, 6) is -1.95. The lowest BCUT2D eigenvalue weighted by Gasteiger charge is -2.53. The van der Waals surface area contributed by atoms with Gasteiger partial charge >= 0.3 is 0 Å². The smallest absolute Gasteiger partial charge is 0.254 e. The number of aldehydes is 1. The Balaban J connectivity index is 1.72. The second kappa shape index (κ2) is 12.0. The first-order chi connectivity index (χ1) is 20.7. The molecule has 1 unspecified atom stereocenters. The van der Waals surface area contributed by atoms with Gasteiger partial charge in [0.2, 0.25) is 5.91 Å². The topological polar surface area (TPSA) is 91.0 Å². The number of nitrogens with zero attached hydrogens (tertiary/aromatic N) is 2. The van der Waals surface area contributed by atoms with Crippen LogP contribution >= 0.6 is 0 Å². The van der Waals surface area contributed by atoms with E-state index in [0.29, 0.717) is 24.9 Å². The van der Waals surface area contributed by atoms with E-state index < -0.39 is 50.9 Å².